The highest BCUT2D eigenvalue weighted by Crippen LogP contribution is 2.32. The van der Waals surface area contributed by atoms with Crippen molar-refractivity contribution in [2.24, 2.45) is 0 Å². The summed E-state index contributed by atoms with van der Waals surface area (Å²) in [6, 6.07) is 24.2. The molecule has 0 aliphatic carbocycles. The van der Waals surface area contributed by atoms with Crippen LogP contribution in [-0.4, -0.2) is 29.2 Å². The van der Waals surface area contributed by atoms with E-state index in [0.29, 0.717) is 12.2 Å². The Morgan fingerprint density at radius 3 is 2.40 bits per heavy atom. The minimum atomic E-state index is -0.436. The summed E-state index contributed by atoms with van der Waals surface area (Å²) >= 11 is 1.67. The number of rotatable bonds is 10. The first kappa shape index (κ1) is 24.8. The van der Waals surface area contributed by atoms with Gasteiger partial charge in [-0.05, 0) is 68.5 Å². The van der Waals surface area contributed by atoms with Crippen LogP contribution < -0.4 is 0 Å². The Kier molecular flexibility index (Phi) is 8.06. The van der Waals surface area contributed by atoms with Gasteiger partial charge in [-0.15, -0.1) is 0 Å². The van der Waals surface area contributed by atoms with E-state index in [4.69, 9.17) is 9.15 Å². The molecule has 0 aliphatic rings. The van der Waals surface area contributed by atoms with E-state index in [-0.39, 0.29) is 11.5 Å². The smallest absolute Gasteiger partial charge is 0.374 e. The Balaban J connectivity index is 1.56. The molecule has 0 bridgehead atoms. The van der Waals surface area contributed by atoms with E-state index in [2.05, 4.69) is 34.6 Å². The maximum Gasteiger partial charge on any atom is 0.374 e. The molecule has 4 rings (SSSR count). The second-order valence-electron chi connectivity index (χ2n) is 8.38. The van der Waals surface area contributed by atoms with Crippen molar-refractivity contribution in [1.29, 1.82) is 0 Å². The van der Waals surface area contributed by atoms with Gasteiger partial charge in [0.1, 0.15) is 5.58 Å². The average Bonchev–Trinajstić information content (AvgIpc) is 3.19. The summed E-state index contributed by atoms with van der Waals surface area (Å²) in [6.45, 7) is 7.13. The number of Topliss-reactive ketones (excluding diaryl/α,β-unsaturated/α-hetero) is 1. The molecule has 4 aromatic rings. The third-order valence-corrected chi connectivity index (χ3v) is 6.85. The number of benzene rings is 3. The van der Waals surface area contributed by atoms with Crippen molar-refractivity contribution in [2.45, 2.75) is 38.6 Å². The number of furan rings is 1. The zero-order chi connectivity index (χ0) is 24.8. The number of esters is 1. The number of fused-ring (bicyclic) bond motifs is 1. The van der Waals surface area contributed by atoms with Crippen molar-refractivity contribution in [2.75, 3.05) is 13.2 Å². The Morgan fingerprint density at radius 2 is 1.71 bits per heavy atom. The minimum Gasteiger partial charge on any atom is -0.460 e. The number of nitrogens with zero attached hydrogens (tertiary/aromatic N) is 1. The number of hydrogen-bond acceptors (Lipinski definition) is 6. The minimum absolute atomic E-state index is 0.0674. The van der Waals surface area contributed by atoms with Crippen LogP contribution in [0.25, 0.3) is 11.0 Å². The summed E-state index contributed by atoms with van der Waals surface area (Å²) in [4.78, 5) is 24.9. The predicted octanol–water partition coefficient (Wildman–Crippen LogP) is 6.87. The quantitative estimate of drug-likeness (QED) is 0.138. The highest BCUT2D eigenvalue weighted by Gasteiger charge is 2.19. The van der Waals surface area contributed by atoms with Crippen LogP contribution in [0.1, 0.15) is 51.5 Å². The molecule has 0 saturated carbocycles. The number of aryl methyl sites for hydroxylation is 1. The molecule has 0 saturated heterocycles. The highest BCUT2D eigenvalue weighted by molar-refractivity contribution is 7.97. The predicted molar refractivity (Wildman–Crippen MR) is 140 cm³/mol. The molecular formula is C29H29NO4S. The van der Waals surface area contributed by atoms with Gasteiger partial charge >= 0.3 is 5.97 Å². The lowest BCUT2D eigenvalue weighted by atomic mass is 10.1. The number of hydrogen-bond donors (Lipinski definition) is 0. The van der Waals surface area contributed by atoms with Crippen LogP contribution in [-0.2, 0) is 17.7 Å². The molecule has 0 spiro atoms. The van der Waals surface area contributed by atoms with Crippen LogP contribution in [0.4, 0.5) is 0 Å². The Bertz CT molecular complexity index is 1310. The number of carbonyl (C=O) groups excluding carboxylic acids is 2. The van der Waals surface area contributed by atoms with Crippen LogP contribution >= 0.6 is 11.9 Å². The van der Waals surface area contributed by atoms with E-state index in [0.717, 1.165) is 46.5 Å². The van der Waals surface area contributed by atoms with Crippen molar-refractivity contribution < 1.29 is 18.7 Å². The van der Waals surface area contributed by atoms with E-state index in [1.807, 2.05) is 49.4 Å². The molecule has 1 aromatic heterocycles. The molecule has 5 nitrogen and oxygen atoms in total. The zero-order valence-corrected chi connectivity index (χ0v) is 21.1. The van der Waals surface area contributed by atoms with Gasteiger partial charge in [-0.2, -0.15) is 0 Å². The summed E-state index contributed by atoms with van der Waals surface area (Å²) in [5.74, 6) is -0.109. The molecule has 6 heteroatoms. The Morgan fingerprint density at radius 1 is 0.971 bits per heavy atom. The first-order valence-electron chi connectivity index (χ1n) is 11.7. The van der Waals surface area contributed by atoms with Gasteiger partial charge < -0.3 is 9.15 Å². The van der Waals surface area contributed by atoms with Crippen LogP contribution in [0.5, 0.6) is 0 Å². The Hall–Kier alpha value is -3.35. The van der Waals surface area contributed by atoms with Gasteiger partial charge in [0, 0.05) is 34.5 Å². The van der Waals surface area contributed by atoms with Gasteiger partial charge in [0.05, 0.1) is 6.61 Å². The molecule has 3 aromatic carbocycles. The topological polar surface area (TPSA) is 59.8 Å². The van der Waals surface area contributed by atoms with Crippen molar-refractivity contribution in [3.63, 3.8) is 0 Å². The fraction of sp³-hybridized carbons (Fsp3) is 0.241. The Labute approximate surface area is 210 Å². The van der Waals surface area contributed by atoms with E-state index in [1.165, 1.54) is 5.56 Å². The molecular weight excluding hydrogens is 458 g/mol. The molecule has 0 amide bonds. The van der Waals surface area contributed by atoms with E-state index >= 15 is 0 Å². The molecule has 1 heterocycles. The van der Waals surface area contributed by atoms with E-state index in [9.17, 15) is 9.59 Å². The second-order valence-corrected chi connectivity index (χ2v) is 9.55. The third kappa shape index (κ3) is 6.21. The monoisotopic (exact) mass is 487 g/mol. The number of ketones is 1. The van der Waals surface area contributed by atoms with Crippen LogP contribution in [0, 0.1) is 6.92 Å². The summed E-state index contributed by atoms with van der Waals surface area (Å²) < 4.78 is 13.2. The average molecular weight is 488 g/mol. The first-order valence-corrected chi connectivity index (χ1v) is 12.5. The van der Waals surface area contributed by atoms with Crippen molar-refractivity contribution >= 4 is 34.7 Å². The van der Waals surface area contributed by atoms with Crippen molar-refractivity contribution in [3.8, 4) is 0 Å². The van der Waals surface area contributed by atoms with Crippen molar-refractivity contribution in [3.05, 3.63) is 101 Å². The number of ether oxygens (including phenoxy) is 1. The highest BCUT2D eigenvalue weighted by atomic mass is 32.2. The largest absolute Gasteiger partial charge is 0.460 e. The fourth-order valence-corrected chi connectivity index (χ4v) is 4.89. The fourth-order valence-electron chi connectivity index (χ4n) is 3.90. The first-order chi connectivity index (χ1) is 16.9. The SMILES string of the molecule is CCOC(=O)c1oc2ccc(SN(CCc3ccccc3)Cc3ccc(C(C)=O)cc3)cc2c1C. The van der Waals surface area contributed by atoms with Gasteiger partial charge in [-0.25, -0.2) is 9.10 Å². The summed E-state index contributed by atoms with van der Waals surface area (Å²) in [6.07, 6.45) is 0.916. The van der Waals surface area contributed by atoms with Gasteiger partial charge in [-0.1, -0.05) is 54.6 Å². The molecule has 35 heavy (non-hydrogen) atoms. The zero-order valence-electron chi connectivity index (χ0n) is 20.2. The maximum absolute atomic E-state index is 12.2. The summed E-state index contributed by atoms with van der Waals surface area (Å²) in [5.41, 5.74) is 4.60. The lowest BCUT2D eigenvalue weighted by Gasteiger charge is -2.21. The van der Waals surface area contributed by atoms with Gasteiger partial charge in [0.2, 0.25) is 5.76 Å². The standard InChI is InChI=1S/C29H29NO4S/c1-4-33-29(32)28-20(2)26-18-25(14-15-27(26)34-28)35-30(17-16-22-8-6-5-7-9-22)19-23-10-12-24(13-11-23)21(3)31/h5-15,18H,4,16-17,19H2,1-3H3. The molecule has 0 N–H and O–H groups in total. The molecule has 0 unspecified atom stereocenters. The summed E-state index contributed by atoms with van der Waals surface area (Å²) in [5, 5.41) is 0.909. The molecule has 0 radical (unpaired) electrons. The van der Waals surface area contributed by atoms with E-state index in [1.54, 1.807) is 25.8 Å². The molecule has 0 fully saturated rings. The van der Waals surface area contributed by atoms with E-state index < -0.39 is 5.97 Å². The lowest BCUT2D eigenvalue weighted by Crippen LogP contribution is -2.18. The van der Waals surface area contributed by atoms with Gasteiger partial charge in [0.25, 0.3) is 0 Å². The van der Waals surface area contributed by atoms with Crippen LogP contribution in [0.15, 0.2) is 82.1 Å². The van der Waals surface area contributed by atoms with Crippen LogP contribution in [0.2, 0.25) is 0 Å². The number of carbonyl (C=O) groups is 2. The van der Waals surface area contributed by atoms with Gasteiger partial charge in [-0.3, -0.25) is 4.79 Å². The molecule has 180 valence electrons. The molecule has 0 aliphatic heterocycles. The summed E-state index contributed by atoms with van der Waals surface area (Å²) in [7, 11) is 0. The lowest BCUT2D eigenvalue weighted by molar-refractivity contribution is 0.0491. The van der Waals surface area contributed by atoms with Gasteiger partial charge in [0.15, 0.2) is 5.78 Å². The normalized spacial score (nSPS) is 11.2. The second kappa shape index (κ2) is 11.4. The maximum atomic E-state index is 12.2. The van der Waals surface area contributed by atoms with Crippen molar-refractivity contribution in [1.82, 2.24) is 4.31 Å². The third-order valence-electron chi connectivity index (χ3n) is 5.82. The van der Waals surface area contributed by atoms with Crippen LogP contribution in [0.3, 0.4) is 0 Å². The molecule has 0 atom stereocenters.